The van der Waals surface area contributed by atoms with E-state index in [-0.39, 0.29) is 39.6 Å². The molecule has 0 bridgehead atoms. The first-order chi connectivity index (χ1) is 20.7. The van der Waals surface area contributed by atoms with E-state index in [1.54, 1.807) is 23.2 Å². The minimum Gasteiger partial charge on any atom is -0.507 e. The molecule has 1 amide bonds. The number of anilines is 1. The topological polar surface area (TPSA) is 114 Å². The van der Waals surface area contributed by atoms with Gasteiger partial charge in [0.05, 0.1) is 33.0 Å². The van der Waals surface area contributed by atoms with E-state index in [2.05, 4.69) is 9.97 Å². The molecule has 1 aliphatic rings. The molecule has 0 unspecified atom stereocenters. The molecule has 4 heterocycles. The van der Waals surface area contributed by atoms with E-state index < -0.39 is 23.2 Å². The van der Waals surface area contributed by atoms with Crippen LogP contribution < -0.4 is 10.6 Å². The molecule has 44 heavy (non-hydrogen) atoms. The fraction of sp³-hybridized carbons (Fsp3) is 0.406. The van der Waals surface area contributed by atoms with Crippen LogP contribution in [0.15, 0.2) is 41.3 Å². The van der Waals surface area contributed by atoms with Crippen molar-refractivity contribution in [1.29, 1.82) is 0 Å². The monoisotopic (exact) mass is 622 g/mol. The second-order valence-electron chi connectivity index (χ2n) is 12.4. The summed E-state index contributed by atoms with van der Waals surface area (Å²) in [5.74, 6) is -0.761. The third-order valence-electron chi connectivity index (χ3n) is 7.51. The number of nitrogens with zero attached hydrogens (tertiary/aromatic N) is 6. The zero-order chi connectivity index (χ0) is 32.1. The number of hydrogen-bond acceptors (Lipinski definition) is 8. The molecule has 0 spiro atoms. The predicted molar refractivity (Wildman–Crippen MR) is 168 cm³/mol. The molecule has 1 aromatic carbocycles. The van der Waals surface area contributed by atoms with Crippen LogP contribution in [0.2, 0.25) is 5.02 Å². The zero-order valence-corrected chi connectivity index (χ0v) is 26.6. The van der Waals surface area contributed by atoms with Crippen molar-refractivity contribution >= 4 is 34.5 Å². The third kappa shape index (κ3) is 5.80. The van der Waals surface area contributed by atoms with Crippen molar-refractivity contribution in [2.45, 2.75) is 66.0 Å². The standard InChI is InChI=1S/C32H36ClFN6O4/c1-17(2)25-27(18(3)11-12-35-25)40-29-20(15-21(33)26(36-29)24-22(34)9-8-10-23(24)41)28(37-30(40)42)38-13-14-39(19(4)16-38)31(43)44-32(5,6)7/h8-12,15,17,19,41H,13-14,16H2,1-7H3/t19-/m1/s1. The maximum Gasteiger partial charge on any atom is 0.410 e. The molecule has 5 rings (SSSR count). The Hall–Kier alpha value is -4.25. The number of aryl methyl sites for hydroxylation is 1. The molecule has 1 aliphatic heterocycles. The summed E-state index contributed by atoms with van der Waals surface area (Å²) in [6.45, 7) is 14.2. The second-order valence-corrected chi connectivity index (χ2v) is 12.8. The normalized spacial score (nSPS) is 15.7. The number of aromatic hydroxyl groups is 1. The van der Waals surface area contributed by atoms with Crippen molar-refractivity contribution in [1.82, 2.24) is 24.4 Å². The van der Waals surface area contributed by atoms with Crippen LogP contribution >= 0.6 is 11.6 Å². The van der Waals surface area contributed by atoms with Gasteiger partial charge in [-0.1, -0.05) is 31.5 Å². The molecule has 1 saturated heterocycles. The summed E-state index contributed by atoms with van der Waals surface area (Å²) in [4.78, 5) is 44.3. The molecule has 4 aromatic rings. The largest absolute Gasteiger partial charge is 0.507 e. The maximum absolute atomic E-state index is 15.1. The second kappa shape index (κ2) is 11.7. The number of hydrogen-bond donors (Lipinski definition) is 1. The smallest absolute Gasteiger partial charge is 0.410 e. The molecular formula is C32H36ClFN6O4. The number of pyridine rings is 2. The van der Waals surface area contributed by atoms with E-state index in [0.29, 0.717) is 42.2 Å². The molecular weight excluding hydrogens is 587 g/mol. The summed E-state index contributed by atoms with van der Waals surface area (Å²) in [6, 6.07) is 7.06. The van der Waals surface area contributed by atoms with Crippen LogP contribution in [0, 0.1) is 12.7 Å². The number of rotatable bonds is 4. The highest BCUT2D eigenvalue weighted by Gasteiger charge is 2.33. The SMILES string of the molecule is Cc1ccnc(C(C)C)c1-n1c(=O)nc(N2CCN(C(=O)OC(C)(C)C)[C@H](C)C2)c2cc(Cl)c(-c3c(O)cccc3F)nc21. The summed E-state index contributed by atoms with van der Waals surface area (Å²) >= 11 is 6.74. The third-order valence-corrected chi connectivity index (χ3v) is 7.80. The van der Waals surface area contributed by atoms with Crippen molar-refractivity contribution in [2.75, 3.05) is 24.5 Å². The van der Waals surface area contributed by atoms with Crippen LogP contribution in [0.1, 0.15) is 58.7 Å². The van der Waals surface area contributed by atoms with Crippen molar-refractivity contribution in [3.05, 3.63) is 69.1 Å². The molecule has 1 atom stereocenters. The molecule has 12 heteroatoms. The van der Waals surface area contributed by atoms with Crippen LogP contribution in [-0.4, -0.2) is 66.9 Å². The molecule has 0 radical (unpaired) electrons. The fourth-order valence-corrected chi connectivity index (χ4v) is 5.74. The molecule has 1 fully saturated rings. The molecule has 1 N–H and O–H groups in total. The van der Waals surface area contributed by atoms with Gasteiger partial charge >= 0.3 is 11.8 Å². The number of carbonyl (C=O) groups excluding carboxylic acids is 1. The molecule has 232 valence electrons. The summed E-state index contributed by atoms with van der Waals surface area (Å²) in [5.41, 5.74) is 0.705. The van der Waals surface area contributed by atoms with E-state index in [1.807, 2.05) is 53.4 Å². The van der Waals surface area contributed by atoms with Crippen LogP contribution in [0.3, 0.4) is 0 Å². The summed E-state index contributed by atoms with van der Waals surface area (Å²) in [6.07, 6.45) is 1.27. The average Bonchev–Trinajstić information content (AvgIpc) is 2.92. The summed E-state index contributed by atoms with van der Waals surface area (Å²) in [7, 11) is 0. The van der Waals surface area contributed by atoms with Gasteiger partial charge in [-0.25, -0.2) is 23.5 Å². The Kier molecular flexibility index (Phi) is 8.28. The van der Waals surface area contributed by atoms with Crippen LogP contribution in [0.25, 0.3) is 28.0 Å². The van der Waals surface area contributed by atoms with Gasteiger partial charge < -0.3 is 19.6 Å². The van der Waals surface area contributed by atoms with E-state index in [9.17, 15) is 14.7 Å². The number of phenolic OH excluding ortho intramolecular Hbond substituents is 1. The van der Waals surface area contributed by atoms with E-state index in [0.717, 1.165) is 5.56 Å². The average molecular weight is 623 g/mol. The van der Waals surface area contributed by atoms with Crippen LogP contribution in [0.5, 0.6) is 5.75 Å². The highest BCUT2D eigenvalue weighted by atomic mass is 35.5. The summed E-state index contributed by atoms with van der Waals surface area (Å²) in [5, 5.41) is 11.1. The van der Waals surface area contributed by atoms with E-state index in [1.165, 1.54) is 22.8 Å². The number of phenols is 1. The van der Waals surface area contributed by atoms with Crippen LogP contribution in [-0.2, 0) is 4.74 Å². The zero-order valence-electron chi connectivity index (χ0n) is 25.9. The number of carbonyl (C=O) groups is 1. The minimum absolute atomic E-state index is 0.0178. The quantitative estimate of drug-likeness (QED) is 0.285. The Morgan fingerprint density at radius 3 is 2.55 bits per heavy atom. The first kappa shape index (κ1) is 31.2. The van der Waals surface area contributed by atoms with Crippen molar-refractivity contribution < 1.29 is 19.0 Å². The van der Waals surface area contributed by atoms with Gasteiger partial charge in [0.25, 0.3) is 0 Å². The lowest BCUT2D eigenvalue weighted by Gasteiger charge is -2.41. The van der Waals surface area contributed by atoms with Gasteiger partial charge in [-0.05, 0) is 70.4 Å². The molecule has 10 nitrogen and oxygen atoms in total. The van der Waals surface area contributed by atoms with E-state index >= 15 is 4.39 Å². The number of piperazine rings is 1. The first-order valence-electron chi connectivity index (χ1n) is 14.5. The van der Waals surface area contributed by atoms with Crippen molar-refractivity contribution in [3.63, 3.8) is 0 Å². The van der Waals surface area contributed by atoms with Gasteiger partial charge in [-0.15, -0.1) is 0 Å². The Morgan fingerprint density at radius 1 is 1.18 bits per heavy atom. The Balaban J connectivity index is 1.73. The number of fused-ring (bicyclic) bond motifs is 1. The number of ether oxygens (including phenoxy) is 1. The lowest BCUT2D eigenvalue weighted by Crippen LogP contribution is -2.55. The predicted octanol–water partition coefficient (Wildman–Crippen LogP) is 6.22. The van der Waals surface area contributed by atoms with E-state index in [4.69, 9.17) is 21.3 Å². The Labute approximate surface area is 260 Å². The van der Waals surface area contributed by atoms with Crippen molar-refractivity contribution in [2.24, 2.45) is 0 Å². The minimum atomic E-state index is -0.713. The molecule has 0 saturated carbocycles. The first-order valence-corrected chi connectivity index (χ1v) is 14.9. The van der Waals surface area contributed by atoms with Gasteiger partial charge in [0, 0.05) is 31.9 Å². The van der Waals surface area contributed by atoms with Gasteiger partial charge in [0.2, 0.25) is 0 Å². The highest BCUT2D eigenvalue weighted by Crippen LogP contribution is 2.39. The van der Waals surface area contributed by atoms with Crippen molar-refractivity contribution in [3.8, 4) is 22.7 Å². The molecule has 0 aliphatic carbocycles. The molecule has 3 aromatic heterocycles. The fourth-order valence-electron chi connectivity index (χ4n) is 5.50. The van der Waals surface area contributed by atoms with Gasteiger partial charge in [-0.3, -0.25) is 4.98 Å². The lowest BCUT2D eigenvalue weighted by molar-refractivity contribution is 0.0158. The lowest BCUT2D eigenvalue weighted by atomic mass is 10.0. The summed E-state index contributed by atoms with van der Waals surface area (Å²) < 4.78 is 22.0. The number of aromatic nitrogens is 4. The number of halogens is 2. The van der Waals surface area contributed by atoms with Gasteiger partial charge in [0.15, 0.2) is 5.65 Å². The number of amides is 1. The van der Waals surface area contributed by atoms with Crippen LogP contribution in [0.4, 0.5) is 15.0 Å². The Bertz CT molecular complexity index is 1800. The van der Waals surface area contributed by atoms with Gasteiger partial charge in [-0.2, -0.15) is 4.98 Å². The highest BCUT2D eigenvalue weighted by molar-refractivity contribution is 6.34. The Morgan fingerprint density at radius 2 is 1.91 bits per heavy atom. The van der Waals surface area contributed by atoms with Gasteiger partial charge in [0.1, 0.15) is 23.0 Å². The number of benzene rings is 1. The maximum atomic E-state index is 15.1.